The van der Waals surface area contributed by atoms with Crippen molar-refractivity contribution in [3.05, 3.63) is 65.2 Å². The van der Waals surface area contributed by atoms with Crippen molar-refractivity contribution in [1.82, 2.24) is 5.32 Å². The SMILES string of the molecule is CO[C@H](CNC(=O)CCSc1ccccc1)c1ccccc1Cl. The zero-order chi connectivity index (χ0) is 16.5. The van der Waals surface area contributed by atoms with Gasteiger partial charge in [-0.15, -0.1) is 11.8 Å². The number of hydrogen-bond donors (Lipinski definition) is 1. The molecule has 0 aliphatic heterocycles. The molecule has 23 heavy (non-hydrogen) atoms. The van der Waals surface area contributed by atoms with E-state index < -0.39 is 0 Å². The summed E-state index contributed by atoms with van der Waals surface area (Å²) in [6.45, 7) is 0.412. The molecule has 0 aliphatic rings. The van der Waals surface area contributed by atoms with E-state index in [1.807, 2.05) is 54.6 Å². The summed E-state index contributed by atoms with van der Waals surface area (Å²) in [5, 5.41) is 3.56. The van der Waals surface area contributed by atoms with Gasteiger partial charge in [-0.1, -0.05) is 48.0 Å². The topological polar surface area (TPSA) is 38.3 Å². The fourth-order valence-electron chi connectivity index (χ4n) is 2.13. The Morgan fingerprint density at radius 1 is 1.17 bits per heavy atom. The molecule has 1 N–H and O–H groups in total. The maximum Gasteiger partial charge on any atom is 0.220 e. The molecule has 0 saturated heterocycles. The number of ether oxygens (including phenoxy) is 1. The van der Waals surface area contributed by atoms with Crippen molar-refractivity contribution in [3.8, 4) is 0 Å². The van der Waals surface area contributed by atoms with Crippen LogP contribution in [-0.2, 0) is 9.53 Å². The van der Waals surface area contributed by atoms with Gasteiger partial charge in [0, 0.05) is 41.3 Å². The number of carbonyl (C=O) groups is 1. The Morgan fingerprint density at radius 2 is 1.87 bits per heavy atom. The summed E-state index contributed by atoms with van der Waals surface area (Å²) in [7, 11) is 1.62. The van der Waals surface area contributed by atoms with Crippen LogP contribution in [0.2, 0.25) is 5.02 Å². The third kappa shape index (κ3) is 5.90. The molecule has 1 atom stereocenters. The molecular weight excluding hydrogens is 330 g/mol. The van der Waals surface area contributed by atoms with Gasteiger partial charge >= 0.3 is 0 Å². The summed E-state index contributed by atoms with van der Waals surface area (Å²) in [6.07, 6.45) is 0.229. The van der Waals surface area contributed by atoms with Gasteiger partial charge in [0.1, 0.15) is 6.10 Å². The number of benzene rings is 2. The summed E-state index contributed by atoms with van der Waals surface area (Å²) in [5.41, 5.74) is 0.885. The second kappa shape index (κ2) is 9.60. The van der Waals surface area contributed by atoms with Gasteiger partial charge in [0.05, 0.1) is 0 Å². The highest BCUT2D eigenvalue weighted by molar-refractivity contribution is 7.99. The van der Waals surface area contributed by atoms with E-state index in [0.29, 0.717) is 18.0 Å². The predicted molar refractivity (Wildman–Crippen MR) is 96.0 cm³/mol. The lowest BCUT2D eigenvalue weighted by molar-refractivity contribution is -0.121. The number of thioether (sulfide) groups is 1. The molecule has 0 aromatic heterocycles. The van der Waals surface area contributed by atoms with E-state index in [-0.39, 0.29) is 12.0 Å². The van der Waals surface area contributed by atoms with E-state index in [1.165, 1.54) is 4.90 Å². The minimum atomic E-state index is -0.241. The second-order valence-corrected chi connectivity index (χ2v) is 6.54. The third-order valence-corrected chi connectivity index (χ3v) is 4.72. The van der Waals surface area contributed by atoms with Gasteiger partial charge in [-0.3, -0.25) is 4.79 Å². The van der Waals surface area contributed by atoms with Crippen molar-refractivity contribution in [2.45, 2.75) is 17.4 Å². The molecule has 0 saturated carbocycles. The summed E-state index contributed by atoms with van der Waals surface area (Å²) in [6, 6.07) is 17.6. The van der Waals surface area contributed by atoms with Crippen LogP contribution in [0, 0.1) is 0 Å². The molecule has 2 aromatic rings. The quantitative estimate of drug-likeness (QED) is 0.721. The highest BCUT2D eigenvalue weighted by Gasteiger charge is 2.14. The standard InChI is InChI=1S/C18H20ClNO2S/c1-22-17(15-9-5-6-10-16(15)19)13-20-18(21)11-12-23-14-7-3-2-4-8-14/h2-10,17H,11-13H2,1H3,(H,20,21)/t17-/m1/s1. The van der Waals surface area contributed by atoms with Crippen LogP contribution in [0.5, 0.6) is 0 Å². The van der Waals surface area contributed by atoms with Gasteiger partial charge in [0.15, 0.2) is 0 Å². The lowest BCUT2D eigenvalue weighted by atomic mass is 10.1. The molecule has 0 heterocycles. The molecule has 3 nitrogen and oxygen atoms in total. The zero-order valence-electron chi connectivity index (χ0n) is 13.0. The largest absolute Gasteiger partial charge is 0.375 e. The molecule has 0 aliphatic carbocycles. The number of nitrogens with one attached hydrogen (secondary N) is 1. The fourth-order valence-corrected chi connectivity index (χ4v) is 3.26. The molecule has 5 heteroatoms. The molecule has 0 fully saturated rings. The normalized spacial score (nSPS) is 11.9. The molecule has 0 unspecified atom stereocenters. The highest BCUT2D eigenvalue weighted by Crippen LogP contribution is 2.24. The van der Waals surface area contributed by atoms with E-state index in [2.05, 4.69) is 5.32 Å². The molecular formula is C18H20ClNO2S. The van der Waals surface area contributed by atoms with Crippen molar-refractivity contribution in [2.75, 3.05) is 19.4 Å². The van der Waals surface area contributed by atoms with Gasteiger partial charge in [0.25, 0.3) is 0 Å². The molecule has 0 radical (unpaired) electrons. The first-order valence-corrected chi connectivity index (χ1v) is 8.79. The second-order valence-electron chi connectivity index (χ2n) is 4.96. The summed E-state index contributed by atoms with van der Waals surface area (Å²) in [5.74, 6) is 0.766. The van der Waals surface area contributed by atoms with Crippen LogP contribution in [0.25, 0.3) is 0 Å². The fraction of sp³-hybridized carbons (Fsp3) is 0.278. The Morgan fingerprint density at radius 3 is 2.57 bits per heavy atom. The lowest BCUT2D eigenvalue weighted by Gasteiger charge is -2.17. The molecule has 122 valence electrons. The van der Waals surface area contributed by atoms with Crippen LogP contribution in [0.3, 0.4) is 0 Å². The molecule has 1 amide bonds. The highest BCUT2D eigenvalue weighted by atomic mass is 35.5. The van der Waals surface area contributed by atoms with Crippen LogP contribution >= 0.6 is 23.4 Å². The average molecular weight is 350 g/mol. The maximum atomic E-state index is 12.0. The molecule has 0 bridgehead atoms. The first-order chi connectivity index (χ1) is 11.2. The van der Waals surface area contributed by atoms with Crippen molar-refractivity contribution >= 4 is 29.3 Å². The van der Waals surface area contributed by atoms with Crippen LogP contribution in [0.4, 0.5) is 0 Å². The first kappa shape index (κ1) is 17.9. The minimum absolute atomic E-state index is 0.0162. The number of rotatable bonds is 8. The van der Waals surface area contributed by atoms with E-state index in [9.17, 15) is 4.79 Å². The van der Waals surface area contributed by atoms with Crippen molar-refractivity contribution in [3.63, 3.8) is 0 Å². The van der Waals surface area contributed by atoms with Crippen molar-refractivity contribution < 1.29 is 9.53 Å². The Labute approximate surface area is 146 Å². The number of methoxy groups -OCH3 is 1. The number of halogens is 1. The summed E-state index contributed by atoms with van der Waals surface area (Å²) >= 11 is 7.84. The average Bonchev–Trinajstić information content (AvgIpc) is 2.58. The Balaban J connectivity index is 1.75. The monoisotopic (exact) mass is 349 g/mol. The van der Waals surface area contributed by atoms with Gasteiger partial charge in [-0.25, -0.2) is 0 Å². The van der Waals surface area contributed by atoms with Crippen LogP contribution in [-0.4, -0.2) is 25.3 Å². The maximum absolute atomic E-state index is 12.0. The summed E-state index contributed by atoms with van der Waals surface area (Å²) in [4.78, 5) is 13.1. The molecule has 2 rings (SSSR count). The number of carbonyl (C=O) groups excluding carboxylic acids is 1. The Hall–Kier alpha value is -1.49. The first-order valence-electron chi connectivity index (χ1n) is 7.42. The molecule has 0 spiro atoms. The van der Waals surface area contributed by atoms with Crippen molar-refractivity contribution in [1.29, 1.82) is 0 Å². The van der Waals surface area contributed by atoms with E-state index >= 15 is 0 Å². The third-order valence-electron chi connectivity index (χ3n) is 3.36. The van der Waals surface area contributed by atoms with Crippen LogP contribution in [0.1, 0.15) is 18.1 Å². The predicted octanol–water partition coefficient (Wildman–Crippen LogP) is 4.33. The summed E-state index contributed by atoms with van der Waals surface area (Å²) < 4.78 is 5.44. The van der Waals surface area contributed by atoms with Crippen LogP contribution in [0.15, 0.2) is 59.5 Å². The Kier molecular flexibility index (Phi) is 7.46. The smallest absolute Gasteiger partial charge is 0.220 e. The lowest BCUT2D eigenvalue weighted by Crippen LogP contribution is -2.29. The van der Waals surface area contributed by atoms with Gasteiger partial charge < -0.3 is 10.1 Å². The van der Waals surface area contributed by atoms with Gasteiger partial charge in [-0.2, -0.15) is 0 Å². The van der Waals surface area contributed by atoms with E-state index in [1.54, 1.807) is 18.9 Å². The number of hydrogen-bond acceptors (Lipinski definition) is 3. The van der Waals surface area contributed by atoms with Crippen LogP contribution < -0.4 is 5.32 Å². The zero-order valence-corrected chi connectivity index (χ0v) is 14.6. The van der Waals surface area contributed by atoms with Gasteiger partial charge in [0.2, 0.25) is 5.91 Å². The minimum Gasteiger partial charge on any atom is -0.375 e. The van der Waals surface area contributed by atoms with Gasteiger partial charge in [-0.05, 0) is 18.2 Å². The molecule has 2 aromatic carbocycles. The van der Waals surface area contributed by atoms with Crippen molar-refractivity contribution in [2.24, 2.45) is 0 Å². The van der Waals surface area contributed by atoms with E-state index in [0.717, 1.165) is 11.3 Å². The Bertz CT molecular complexity index is 621. The number of amides is 1. The van der Waals surface area contributed by atoms with E-state index in [4.69, 9.17) is 16.3 Å².